The lowest BCUT2D eigenvalue weighted by atomic mass is 10.2. The lowest BCUT2D eigenvalue weighted by molar-refractivity contribution is 0.752. The van der Waals surface area contributed by atoms with Crippen molar-refractivity contribution in [2.45, 2.75) is 26.3 Å². The van der Waals surface area contributed by atoms with Crippen molar-refractivity contribution in [3.05, 3.63) is 36.0 Å². The molecule has 0 aromatic carbocycles. The van der Waals surface area contributed by atoms with E-state index in [0.29, 0.717) is 18.4 Å². The number of hydrogen-bond donors (Lipinski definition) is 1. The number of aromatic nitrogens is 6. The monoisotopic (exact) mass is 312 g/mol. The third-order valence-electron chi connectivity index (χ3n) is 3.35. The fraction of sp³-hybridized carbons (Fsp3) is 0.400. The van der Waals surface area contributed by atoms with Crippen molar-refractivity contribution in [2.24, 2.45) is 0 Å². The Balaban J connectivity index is 1.86. The minimum atomic E-state index is 0.232. The molecule has 0 amide bonds. The van der Waals surface area contributed by atoms with Crippen LogP contribution in [0.25, 0.3) is 5.65 Å². The topological polar surface area (TPSA) is 84.1 Å². The third kappa shape index (κ3) is 3.20. The molecule has 120 valence electrons. The maximum Gasteiger partial charge on any atom is 0.229 e. The highest BCUT2D eigenvalue weighted by Crippen LogP contribution is 2.15. The average molecular weight is 312 g/mol. The molecule has 0 saturated heterocycles. The van der Waals surface area contributed by atoms with Gasteiger partial charge in [0, 0.05) is 32.3 Å². The Morgan fingerprint density at radius 3 is 2.70 bits per heavy atom. The molecule has 3 rings (SSSR count). The lowest BCUT2D eigenvalue weighted by Crippen LogP contribution is -2.17. The molecule has 8 nitrogen and oxygen atoms in total. The van der Waals surface area contributed by atoms with Gasteiger partial charge in [0.1, 0.15) is 5.82 Å². The fourth-order valence-electron chi connectivity index (χ4n) is 2.11. The molecule has 8 heteroatoms. The molecule has 0 aliphatic rings. The number of nitrogens with one attached hydrogen (secondary N) is 1. The Bertz CT molecular complexity index is 782. The third-order valence-corrected chi connectivity index (χ3v) is 3.35. The van der Waals surface area contributed by atoms with E-state index < -0.39 is 0 Å². The van der Waals surface area contributed by atoms with Crippen LogP contribution in [0.15, 0.2) is 24.5 Å². The number of nitrogens with zero attached hydrogens (tertiary/aromatic N) is 7. The molecular weight excluding hydrogens is 292 g/mol. The molecule has 3 aromatic rings. The van der Waals surface area contributed by atoms with E-state index in [4.69, 9.17) is 0 Å². The van der Waals surface area contributed by atoms with Gasteiger partial charge in [-0.2, -0.15) is 20.1 Å². The first-order chi connectivity index (χ1) is 11.0. The lowest BCUT2D eigenvalue weighted by Gasteiger charge is -2.15. The summed E-state index contributed by atoms with van der Waals surface area (Å²) in [5, 5.41) is 7.53. The standard InChI is InChI=1S/C15H20N8/c1-10(2)13-19-14(21-15(20-13)22(3)4)17-9-11-5-7-16-12-6-8-18-23(11)12/h5-8,10H,9H2,1-4H3,(H,17,19,20,21). The number of rotatable bonds is 5. The highest BCUT2D eigenvalue weighted by atomic mass is 15.3. The first kappa shape index (κ1) is 15.1. The maximum atomic E-state index is 4.49. The highest BCUT2D eigenvalue weighted by molar-refractivity contribution is 5.39. The molecule has 0 bridgehead atoms. The molecule has 0 atom stereocenters. The molecule has 0 aliphatic carbocycles. The van der Waals surface area contributed by atoms with Gasteiger partial charge in [0.15, 0.2) is 5.65 Å². The molecule has 1 N–H and O–H groups in total. The van der Waals surface area contributed by atoms with Gasteiger partial charge in [-0.05, 0) is 6.07 Å². The smallest absolute Gasteiger partial charge is 0.229 e. The van der Waals surface area contributed by atoms with Crippen LogP contribution in [0.3, 0.4) is 0 Å². The number of hydrogen-bond acceptors (Lipinski definition) is 7. The Morgan fingerprint density at radius 2 is 1.96 bits per heavy atom. The number of fused-ring (bicyclic) bond motifs is 1. The summed E-state index contributed by atoms with van der Waals surface area (Å²) in [5.74, 6) is 2.20. The molecule has 0 saturated carbocycles. The van der Waals surface area contributed by atoms with Crippen LogP contribution < -0.4 is 10.2 Å². The summed E-state index contributed by atoms with van der Waals surface area (Å²) in [4.78, 5) is 19.5. The SMILES string of the molecule is CC(C)c1nc(NCc2ccnc3ccnn23)nc(N(C)C)n1. The zero-order chi connectivity index (χ0) is 16.4. The van der Waals surface area contributed by atoms with Crippen LogP contribution in [0.5, 0.6) is 0 Å². The predicted octanol–water partition coefficient (Wildman–Crippen LogP) is 1.72. The molecule has 0 radical (unpaired) electrons. The van der Waals surface area contributed by atoms with Crippen molar-refractivity contribution in [3.63, 3.8) is 0 Å². The molecule has 3 aromatic heterocycles. The fourth-order valence-corrected chi connectivity index (χ4v) is 2.11. The van der Waals surface area contributed by atoms with Crippen LogP contribution in [0.2, 0.25) is 0 Å². The summed E-state index contributed by atoms with van der Waals surface area (Å²) < 4.78 is 1.80. The van der Waals surface area contributed by atoms with Crippen LogP contribution >= 0.6 is 0 Å². The van der Waals surface area contributed by atoms with E-state index in [0.717, 1.165) is 17.2 Å². The van der Waals surface area contributed by atoms with E-state index in [-0.39, 0.29) is 5.92 Å². The van der Waals surface area contributed by atoms with E-state index in [1.807, 2.05) is 31.1 Å². The Labute approximate surface area is 134 Å². The van der Waals surface area contributed by atoms with Crippen LogP contribution in [-0.2, 0) is 6.54 Å². The quantitative estimate of drug-likeness (QED) is 0.767. The molecule has 0 fully saturated rings. The van der Waals surface area contributed by atoms with Gasteiger partial charge in [0.05, 0.1) is 18.4 Å². The largest absolute Gasteiger partial charge is 0.348 e. The summed E-state index contributed by atoms with van der Waals surface area (Å²) in [6.07, 6.45) is 3.50. The molecular formula is C15H20N8. The van der Waals surface area contributed by atoms with Gasteiger partial charge < -0.3 is 10.2 Å². The van der Waals surface area contributed by atoms with Crippen LogP contribution in [0.1, 0.15) is 31.3 Å². The first-order valence-corrected chi connectivity index (χ1v) is 7.49. The van der Waals surface area contributed by atoms with Gasteiger partial charge in [0.25, 0.3) is 0 Å². The first-order valence-electron chi connectivity index (χ1n) is 7.49. The normalized spacial score (nSPS) is 11.2. The van der Waals surface area contributed by atoms with Crippen molar-refractivity contribution in [2.75, 3.05) is 24.3 Å². The van der Waals surface area contributed by atoms with E-state index >= 15 is 0 Å². The minimum Gasteiger partial charge on any atom is -0.348 e. The maximum absolute atomic E-state index is 4.49. The molecule has 0 unspecified atom stereocenters. The van der Waals surface area contributed by atoms with E-state index in [1.165, 1.54) is 0 Å². The Morgan fingerprint density at radius 1 is 1.13 bits per heavy atom. The molecule has 3 heterocycles. The minimum absolute atomic E-state index is 0.232. The van der Waals surface area contributed by atoms with Crippen molar-refractivity contribution < 1.29 is 0 Å². The summed E-state index contributed by atoms with van der Waals surface area (Å²) >= 11 is 0. The molecule has 0 spiro atoms. The van der Waals surface area contributed by atoms with E-state index in [1.54, 1.807) is 16.9 Å². The van der Waals surface area contributed by atoms with Crippen molar-refractivity contribution in [1.29, 1.82) is 0 Å². The number of anilines is 2. The molecule has 0 aliphatic heterocycles. The van der Waals surface area contributed by atoms with Gasteiger partial charge in [-0.25, -0.2) is 9.50 Å². The van der Waals surface area contributed by atoms with E-state index in [2.05, 4.69) is 44.2 Å². The summed E-state index contributed by atoms with van der Waals surface area (Å²) in [6.45, 7) is 4.68. The Kier molecular flexibility index (Phi) is 4.05. The van der Waals surface area contributed by atoms with Gasteiger partial charge in [-0.1, -0.05) is 13.8 Å². The second-order valence-electron chi connectivity index (χ2n) is 5.76. The van der Waals surface area contributed by atoms with Gasteiger partial charge in [0.2, 0.25) is 11.9 Å². The summed E-state index contributed by atoms with van der Waals surface area (Å²) in [5.41, 5.74) is 1.80. The van der Waals surface area contributed by atoms with Gasteiger partial charge >= 0.3 is 0 Å². The second kappa shape index (κ2) is 6.15. The Hall–Kier alpha value is -2.77. The summed E-state index contributed by atoms with van der Waals surface area (Å²) in [7, 11) is 3.83. The van der Waals surface area contributed by atoms with E-state index in [9.17, 15) is 0 Å². The van der Waals surface area contributed by atoms with Crippen LogP contribution in [0.4, 0.5) is 11.9 Å². The second-order valence-corrected chi connectivity index (χ2v) is 5.76. The summed E-state index contributed by atoms with van der Waals surface area (Å²) in [6, 6.07) is 3.79. The highest BCUT2D eigenvalue weighted by Gasteiger charge is 2.11. The van der Waals surface area contributed by atoms with Gasteiger partial charge in [-0.15, -0.1) is 0 Å². The average Bonchev–Trinajstić information content (AvgIpc) is 3.01. The van der Waals surface area contributed by atoms with Crippen molar-refractivity contribution in [3.8, 4) is 0 Å². The van der Waals surface area contributed by atoms with Crippen molar-refractivity contribution >= 4 is 17.5 Å². The molecule has 23 heavy (non-hydrogen) atoms. The van der Waals surface area contributed by atoms with Gasteiger partial charge in [-0.3, -0.25) is 0 Å². The predicted molar refractivity (Wildman–Crippen MR) is 88.6 cm³/mol. The zero-order valence-electron chi connectivity index (χ0n) is 13.7. The van der Waals surface area contributed by atoms with Crippen LogP contribution in [-0.4, -0.2) is 43.6 Å². The zero-order valence-corrected chi connectivity index (χ0v) is 13.7. The van der Waals surface area contributed by atoms with Crippen molar-refractivity contribution in [1.82, 2.24) is 29.5 Å². The van der Waals surface area contributed by atoms with Crippen LogP contribution in [0, 0.1) is 0 Å².